The molecule has 0 spiro atoms. The number of rotatable bonds is 2. The number of nitrogens with zero attached hydrogens (tertiary/aromatic N) is 1. The molecule has 122 valence electrons. The SMILES string of the molecule is CC1(C)COC(Cc2ccc3c(c2)C(=O)c2ccccc2CO3)=N1. The van der Waals surface area contributed by atoms with Crippen molar-refractivity contribution < 1.29 is 14.3 Å². The Labute approximate surface area is 141 Å². The minimum atomic E-state index is -0.168. The van der Waals surface area contributed by atoms with Crippen LogP contribution in [0.5, 0.6) is 5.75 Å². The van der Waals surface area contributed by atoms with Crippen molar-refractivity contribution in [1.29, 1.82) is 0 Å². The number of carbonyl (C=O) groups excluding carboxylic acids is 1. The van der Waals surface area contributed by atoms with Gasteiger partial charge in [-0.25, -0.2) is 4.99 Å². The normalized spacial score (nSPS) is 17.9. The average Bonchev–Trinajstić information content (AvgIpc) is 2.84. The lowest BCUT2D eigenvalue weighted by Crippen LogP contribution is -2.17. The summed E-state index contributed by atoms with van der Waals surface area (Å²) in [6, 6.07) is 13.3. The van der Waals surface area contributed by atoms with Gasteiger partial charge in [-0.05, 0) is 31.5 Å². The first-order chi connectivity index (χ1) is 11.5. The maximum absolute atomic E-state index is 12.9. The van der Waals surface area contributed by atoms with E-state index in [-0.39, 0.29) is 11.3 Å². The molecule has 4 rings (SSSR count). The number of ketones is 1. The molecule has 0 aromatic heterocycles. The van der Waals surface area contributed by atoms with Gasteiger partial charge < -0.3 is 9.47 Å². The lowest BCUT2D eigenvalue weighted by atomic mass is 9.97. The van der Waals surface area contributed by atoms with E-state index in [2.05, 4.69) is 4.99 Å². The summed E-state index contributed by atoms with van der Waals surface area (Å²) in [5.74, 6) is 1.37. The summed E-state index contributed by atoms with van der Waals surface area (Å²) in [5, 5.41) is 0. The minimum Gasteiger partial charge on any atom is -0.488 e. The second-order valence-corrected chi connectivity index (χ2v) is 6.89. The summed E-state index contributed by atoms with van der Waals surface area (Å²) in [4.78, 5) is 17.5. The Kier molecular flexibility index (Phi) is 3.41. The highest BCUT2D eigenvalue weighted by Crippen LogP contribution is 2.30. The third-order valence-electron chi connectivity index (χ3n) is 4.31. The molecule has 0 atom stereocenters. The van der Waals surface area contributed by atoms with Gasteiger partial charge in [0.2, 0.25) is 0 Å². The predicted octanol–water partition coefficient (Wildman–Crippen LogP) is 3.56. The Morgan fingerprint density at radius 3 is 2.71 bits per heavy atom. The zero-order valence-electron chi connectivity index (χ0n) is 13.8. The van der Waals surface area contributed by atoms with E-state index in [1.54, 1.807) is 0 Å². The highest BCUT2D eigenvalue weighted by molar-refractivity contribution is 6.12. The fraction of sp³-hybridized carbons (Fsp3) is 0.300. The topological polar surface area (TPSA) is 47.9 Å². The van der Waals surface area contributed by atoms with Gasteiger partial charge in [-0.2, -0.15) is 0 Å². The van der Waals surface area contributed by atoms with Crippen LogP contribution in [0.2, 0.25) is 0 Å². The van der Waals surface area contributed by atoms with Crippen molar-refractivity contribution in [2.45, 2.75) is 32.4 Å². The van der Waals surface area contributed by atoms with Crippen LogP contribution < -0.4 is 4.74 Å². The van der Waals surface area contributed by atoms with Crippen LogP contribution in [0.4, 0.5) is 0 Å². The van der Waals surface area contributed by atoms with Crippen LogP contribution in [-0.4, -0.2) is 23.8 Å². The van der Waals surface area contributed by atoms with E-state index in [1.807, 2.05) is 56.3 Å². The van der Waals surface area contributed by atoms with Crippen LogP contribution in [0.25, 0.3) is 0 Å². The van der Waals surface area contributed by atoms with Crippen molar-refractivity contribution in [2.75, 3.05) is 6.61 Å². The standard InChI is InChI=1S/C20H19NO3/c1-20(2)12-24-18(21-20)10-13-7-8-17-16(9-13)19(22)15-6-4-3-5-14(15)11-23-17/h3-9H,10-12H2,1-2H3. The van der Waals surface area contributed by atoms with Gasteiger partial charge in [-0.3, -0.25) is 4.79 Å². The fourth-order valence-electron chi connectivity index (χ4n) is 3.09. The van der Waals surface area contributed by atoms with Crippen LogP contribution in [0.15, 0.2) is 47.5 Å². The lowest BCUT2D eigenvalue weighted by Gasteiger charge is -2.08. The molecular weight excluding hydrogens is 302 g/mol. The second-order valence-electron chi connectivity index (χ2n) is 6.89. The number of benzene rings is 2. The van der Waals surface area contributed by atoms with Crippen LogP contribution in [-0.2, 0) is 17.8 Å². The monoisotopic (exact) mass is 321 g/mol. The summed E-state index contributed by atoms with van der Waals surface area (Å²) in [7, 11) is 0. The van der Waals surface area contributed by atoms with Gasteiger partial charge in [0.25, 0.3) is 0 Å². The van der Waals surface area contributed by atoms with Crippen LogP contribution in [0.3, 0.4) is 0 Å². The van der Waals surface area contributed by atoms with Gasteiger partial charge >= 0.3 is 0 Å². The molecule has 2 aliphatic rings. The molecule has 0 fully saturated rings. The number of hydrogen-bond acceptors (Lipinski definition) is 4. The molecular formula is C20H19NO3. The molecule has 2 aromatic carbocycles. The fourth-order valence-corrected chi connectivity index (χ4v) is 3.09. The molecule has 0 N–H and O–H groups in total. The van der Waals surface area contributed by atoms with E-state index in [0.717, 1.165) is 17.0 Å². The van der Waals surface area contributed by atoms with E-state index in [0.29, 0.717) is 36.5 Å². The van der Waals surface area contributed by atoms with Crippen molar-refractivity contribution in [1.82, 2.24) is 0 Å². The summed E-state index contributed by atoms with van der Waals surface area (Å²) in [6.45, 7) is 5.11. The van der Waals surface area contributed by atoms with E-state index >= 15 is 0 Å². The minimum absolute atomic E-state index is 0.00885. The molecule has 2 heterocycles. The van der Waals surface area contributed by atoms with Gasteiger partial charge in [0.05, 0.1) is 11.1 Å². The van der Waals surface area contributed by atoms with Crippen molar-refractivity contribution in [2.24, 2.45) is 4.99 Å². The second kappa shape index (κ2) is 5.48. The zero-order valence-corrected chi connectivity index (χ0v) is 13.8. The maximum Gasteiger partial charge on any atom is 0.197 e. The molecule has 2 aliphatic heterocycles. The molecule has 0 amide bonds. The Morgan fingerprint density at radius 2 is 1.92 bits per heavy atom. The quantitative estimate of drug-likeness (QED) is 0.850. The van der Waals surface area contributed by atoms with Crippen molar-refractivity contribution in [3.63, 3.8) is 0 Å². The third kappa shape index (κ3) is 2.68. The summed E-state index contributed by atoms with van der Waals surface area (Å²) in [6.07, 6.45) is 0.589. The largest absolute Gasteiger partial charge is 0.488 e. The summed E-state index contributed by atoms with van der Waals surface area (Å²) < 4.78 is 11.5. The Hall–Kier alpha value is -2.62. The number of carbonyl (C=O) groups is 1. The number of fused-ring (bicyclic) bond motifs is 2. The molecule has 0 bridgehead atoms. The van der Waals surface area contributed by atoms with E-state index < -0.39 is 0 Å². The highest BCUT2D eigenvalue weighted by atomic mass is 16.5. The molecule has 0 saturated heterocycles. The van der Waals surface area contributed by atoms with Gasteiger partial charge in [-0.15, -0.1) is 0 Å². The van der Waals surface area contributed by atoms with Crippen molar-refractivity contribution in [3.05, 3.63) is 64.7 Å². The van der Waals surface area contributed by atoms with E-state index in [4.69, 9.17) is 9.47 Å². The molecule has 2 aromatic rings. The molecule has 0 saturated carbocycles. The van der Waals surface area contributed by atoms with E-state index in [1.165, 1.54) is 0 Å². The summed E-state index contributed by atoms with van der Waals surface area (Å²) in [5.41, 5.74) is 3.07. The van der Waals surface area contributed by atoms with Gasteiger partial charge in [0.1, 0.15) is 19.0 Å². The third-order valence-corrected chi connectivity index (χ3v) is 4.31. The first-order valence-corrected chi connectivity index (χ1v) is 8.12. The lowest BCUT2D eigenvalue weighted by molar-refractivity contribution is 0.103. The van der Waals surface area contributed by atoms with Crippen molar-refractivity contribution >= 4 is 11.7 Å². The predicted molar refractivity (Wildman–Crippen MR) is 91.8 cm³/mol. The molecule has 4 nitrogen and oxygen atoms in total. The Balaban J connectivity index is 1.68. The van der Waals surface area contributed by atoms with Crippen molar-refractivity contribution in [3.8, 4) is 5.75 Å². The number of ether oxygens (including phenoxy) is 2. The van der Waals surface area contributed by atoms with Crippen LogP contribution in [0, 0.1) is 0 Å². The average molecular weight is 321 g/mol. The molecule has 4 heteroatoms. The molecule has 0 radical (unpaired) electrons. The Morgan fingerprint density at radius 1 is 1.08 bits per heavy atom. The summed E-state index contributed by atoms with van der Waals surface area (Å²) >= 11 is 0. The maximum atomic E-state index is 12.9. The molecule has 0 aliphatic carbocycles. The highest BCUT2D eigenvalue weighted by Gasteiger charge is 2.27. The Bertz CT molecular complexity index is 852. The van der Waals surface area contributed by atoms with Crippen LogP contribution in [0.1, 0.15) is 40.9 Å². The molecule has 0 unspecified atom stereocenters. The zero-order chi connectivity index (χ0) is 16.7. The number of aliphatic imine (C=N–C) groups is 1. The first kappa shape index (κ1) is 14.9. The molecule has 24 heavy (non-hydrogen) atoms. The van der Waals surface area contributed by atoms with E-state index in [9.17, 15) is 4.79 Å². The van der Waals surface area contributed by atoms with Gasteiger partial charge in [-0.1, -0.05) is 30.3 Å². The smallest absolute Gasteiger partial charge is 0.197 e. The van der Waals surface area contributed by atoms with Gasteiger partial charge in [0.15, 0.2) is 11.7 Å². The number of hydrogen-bond donors (Lipinski definition) is 0. The van der Waals surface area contributed by atoms with Crippen LogP contribution >= 0.6 is 0 Å². The first-order valence-electron chi connectivity index (χ1n) is 8.12. The van der Waals surface area contributed by atoms with Gasteiger partial charge in [0, 0.05) is 17.5 Å².